The second-order valence-electron chi connectivity index (χ2n) is 6.93. The minimum Gasteiger partial charge on any atom is -0.490 e. The number of amides is 1. The first-order valence-corrected chi connectivity index (χ1v) is 14.0. The number of nitrogens with zero attached hydrogens (tertiary/aromatic N) is 3. The highest BCUT2D eigenvalue weighted by atomic mass is 32.2. The molecule has 0 aliphatic rings. The first-order valence-electron chi connectivity index (χ1n) is 10.3. The summed E-state index contributed by atoms with van der Waals surface area (Å²) in [5.74, 6) is 1.07. The van der Waals surface area contributed by atoms with Gasteiger partial charge in [0.1, 0.15) is 11.6 Å². The van der Waals surface area contributed by atoms with Crippen molar-refractivity contribution >= 4 is 50.2 Å². The van der Waals surface area contributed by atoms with Gasteiger partial charge in [0.15, 0.2) is 11.5 Å². The molecule has 0 saturated heterocycles. The summed E-state index contributed by atoms with van der Waals surface area (Å²) in [5, 5.41) is 11.5. The normalized spacial score (nSPS) is 11.5. The van der Waals surface area contributed by atoms with E-state index < -0.39 is 15.7 Å². The number of anilines is 1. The molecule has 0 bridgehead atoms. The maximum atomic E-state index is 12.5. The van der Waals surface area contributed by atoms with Crippen molar-refractivity contribution in [1.82, 2.24) is 9.36 Å². The van der Waals surface area contributed by atoms with Crippen LogP contribution in [-0.2, 0) is 14.6 Å². The summed E-state index contributed by atoms with van der Waals surface area (Å²) in [6.45, 7) is 2.73. The van der Waals surface area contributed by atoms with E-state index in [0.717, 1.165) is 16.9 Å². The van der Waals surface area contributed by atoms with Gasteiger partial charge in [-0.15, -0.1) is 11.8 Å². The van der Waals surface area contributed by atoms with Crippen LogP contribution in [0, 0.1) is 11.3 Å². The van der Waals surface area contributed by atoms with Crippen molar-refractivity contribution < 1.29 is 22.7 Å². The van der Waals surface area contributed by atoms with E-state index in [0.29, 0.717) is 41.8 Å². The number of hydrogen-bond donors (Lipinski definition) is 1. The molecule has 1 amide bonds. The number of nitriles is 1. The molecule has 9 nitrogen and oxygen atoms in total. The lowest BCUT2D eigenvalue weighted by molar-refractivity contribution is -0.112. The second kappa shape index (κ2) is 12.3. The summed E-state index contributed by atoms with van der Waals surface area (Å²) in [6, 6.07) is 17.0. The van der Waals surface area contributed by atoms with E-state index in [1.54, 1.807) is 30.0 Å². The predicted molar refractivity (Wildman–Crippen MR) is 136 cm³/mol. The molecule has 3 aromatic rings. The van der Waals surface area contributed by atoms with Crippen molar-refractivity contribution in [3.05, 3.63) is 59.7 Å². The molecular weight excluding hydrogens is 508 g/mol. The first kappa shape index (κ1) is 26.2. The molecule has 0 spiro atoms. The zero-order chi connectivity index (χ0) is 25.3. The maximum absolute atomic E-state index is 12.5. The lowest BCUT2D eigenvalue weighted by Crippen LogP contribution is -2.13. The number of sulfone groups is 1. The van der Waals surface area contributed by atoms with E-state index in [1.807, 2.05) is 43.3 Å². The third kappa shape index (κ3) is 7.81. The van der Waals surface area contributed by atoms with E-state index in [4.69, 9.17) is 9.47 Å². The first-order chi connectivity index (χ1) is 16.8. The minimum atomic E-state index is -3.60. The van der Waals surface area contributed by atoms with Gasteiger partial charge in [0, 0.05) is 28.4 Å². The Balaban J connectivity index is 1.68. The van der Waals surface area contributed by atoms with Crippen LogP contribution >= 0.6 is 23.3 Å². The van der Waals surface area contributed by atoms with E-state index in [9.17, 15) is 18.5 Å². The largest absolute Gasteiger partial charge is 0.490 e. The van der Waals surface area contributed by atoms with Crippen LogP contribution in [0.2, 0.25) is 0 Å². The quantitative estimate of drug-likeness (QED) is 0.169. The van der Waals surface area contributed by atoms with Crippen molar-refractivity contribution in [1.29, 1.82) is 5.26 Å². The van der Waals surface area contributed by atoms with Crippen molar-refractivity contribution in [2.45, 2.75) is 17.0 Å². The summed E-state index contributed by atoms with van der Waals surface area (Å²) in [6.07, 6.45) is 2.36. The van der Waals surface area contributed by atoms with Gasteiger partial charge in [-0.25, -0.2) is 8.42 Å². The van der Waals surface area contributed by atoms with Gasteiger partial charge in [0.2, 0.25) is 15.0 Å². The van der Waals surface area contributed by atoms with E-state index in [2.05, 4.69) is 14.7 Å². The smallest absolute Gasteiger partial charge is 0.268 e. The van der Waals surface area contributed by atoms with Gasteiger partial charge in [-0.2, -0.15) is 14.6 Å². The third-order valence-electron chi connectivity index (χ3n) is 4.26. The predicted octanol–water partition coefficient (Wildman–Crippen LogP) is 4.06. The van der Waals surface area contributed by atoms with Crippen molar-refractivity contribution in [3.8, 4) is 17.6 Å². The standard InChI is InChI=1S/C23H22N4O5S3/c1-3-31-20-14-16(9-10-19(20)32-11-12-33-18-7-5-4-6-8-18)13-17(15-24)21(28)25-22-26-23(27-34-22)35(2,29)30/h4-10,13-14H,3,11-12H2,1-2H3,(H,25,26,27,28). The zero-order valence-corrected chi connectivity index (χ0v) is 21.4. The molecule has 0 unspecified atom stereocenters. The number of thioether (sulfide) groups is 1. The number of aromatic nitrogens is 2. The number of carbonyl (C=O) groups excluding carboxylic acids is 1. The molecule has 0 aliphatic carbocycles. The van der Waals surface area contributed by atoms with Crippen molar-refractivity contribution in [2.75, 3.05) is 30.5 Å². The number of ether oxygens (including phenoxy) is 2. The fraction of sp³-hybridized carbons (Fsp3) is 0.217. The molecule has 1 N–H and O–H groups in total. The molecule has 0 radical (unpaired) electrons. The molecule has 182 valence electrons. The molecule has 0 saturated carbocycles. The SMILES string of the molecule is CCOc1cc(C=C(C#N)C(=O)Nc2nc(S(C)(=O)=O)ns2)ccc1OCCSc1ccccc1. The van der Waals surface area contributed by atoms with Gasteiger partial charge in [0.05, 0.1) is 13.2 Å². The van der Waals surface area contributed by atoms with Crippen LogP contribution in [0.3, 0.4) is 0 Å². The third-order valence-corrected chi connectivity index (χ3v) is 6.82. The van der Waals surface area contributed by atoms with E-state index in [-0.39, 0.29) is 15.9 Å². The number of nitrogens with one attached hydrogen (secondary N) is 1. The average molecular weight is 531 g/mol. The Labute approximate surface area is 211 Å². The van der Waals surface area contributed by atoms with Gasteiger partial charge in [-0.3, -0.25) is 10.1 Å². The summed E-state index contributed by atoms with van der Waals surface area (Å²) in [5.41, 5.74) is 0.358. The number of hydrogen-bond acceptors (Lipinski definition) is 10. The van der Waals surface area contributed by atoms with Gasteiger partial charge >= 0.3 is 0 Å². The Bertz CT molecular complexity index is 1350. The fourth-order valence-corrected chi connectivity index (χ4v) is 4.91. The Morgan fingerprint density at radius 1 is 1.20 bits per heavy atom. The van der Waals surface area contributed by atoms with Gasteiger partial charge in [-0.05, 0) is 42.8 Å². The number of benzene rings is 2. The molecule has 0 atom stereocenters. The molecule has 12 heteroatoms. The summed E-state index contributed by atoms with van der Waals surface area (Å²) in [7, 11) is -3.60. The van der Waals surface area contributed by atoms with Crippen molar-refractivity contribution in [2.24, 2.45) is 0 Å². The monoisotopic (exact) mass is 530 g/mol. The Morgan fingerprint density at radius 3 is 2.63 bits per heavy atom. The van der Waals surface area contributed by atoms with Crippen LogP contribution in [0.25, 0.3) is 6.08 Å². The van der Waals surface area contributed by atoms with Gasteiger partial charge < -0.3 is 9.47 Å². The molecule has 1 heterocycles. The van der Waals surface area contributed by atoms with E-state index in [1.165, 1.54) is 6.08 Å². The van der Waals surface area contributed by atoms with Crippen LogP contribution in [-0.4, -0.2) is 48.9 Å². The lowest BCUT2D eigenvalue weighted by Gasteiger charge is -2.13. The summed E-state index contributed by atoms with van der Waals surface area (Å²) in [4.78, 5) is 17.4. The van der Waals surface area contributed by atoms with E-state index >= 15 is 0 Å². The molecule has 2 aromatic carbocycles. The number of rotatable bonds is 11. The Hall–Kier alpha value is -3.40. The van der Waals surface area contributed by atoms with Crippen LogP contribution in [0.1, 0.15) is 12.5 Å². The molecule has 0 fully saturated rings. The van der Waals surface area contributed by atoms with Gasteiger partial charge in [0.25, 0.3) is 11.1 Å². The maximum Gasteiger partial charge on any atom is 0.268 e. The Kier molecular flexibility index (Phi) is 9.25. The van der Waals surface area contributed by atoms with Gasteiger partial charge in [-0.1, -0.05) is 24.3 Å². The van der Waals surface area contributed by atoms with Crippen molar-refractivity contribution in [3.63, 3.8) is 0 Å². The van der Waals surface area contributed by atoms with Crippen LogP contribution < -0.4 is 14.8 Å². The molecule has 3 rings (SSSR count). The fourth-order valence-electron chi connectivity index (χ4n) is 2.72. The summed E-state index contributed by atoms with van der Waals surface area (Å²) >= 11 is 2.39. The highest BCUT2D eigenvalue weighted by Gasteiger charge is 2.18. The zero-order valence-electron chi connectivity index (χ0n) is 18.9. The Morgan fingerprint density at radius 2 is 1.97 bits per heavy atom. The highest BCUT2D eigenvalue weighted by Crippen LogP contribution is 2.30. The lowest BCUT2D eigenvalue weighted by atomic mass is 10.1. The average Bonchev–Trinajstić information content (AvgIpc) is 3.31. The van der Waals surface area contributed by atoms with Crippen LogP contribution in [0.5, 0.6) is 11.5 Å². The number of carbonyl (C=O) groups is 1. The highest BCUT2D eigenvalue weighted by molar-refractivity contribution is 7.99. The molecule has 0 aliphatic heterocycles. The molecular formula is C23H22N4O5S3. The topological polar surface area (TPSA) is 131 Å². The van der Waals surface area contributed by atoms with Crippen LogP contribution in [0.15, 0.2) is 64.2 Å². The van der Waals surface area contributed by atoms with Crippen LogP contribution in [0.4, 0.5) is 5.13 Å². The summed E-state index contributed by atoms with van der Waals surface area (Å²) < 4.78 is 38.3. The molecule has 35 heavy (non-hydrogen) atoms. The minimum absolute atomic E-state index is 0.0244. The molecule has 1 aromatic heterocycles. The second-order valence-corrected chi connectivity index (χ2v) is 10.8.